The lowest BCUT2D eigenvalue weighted by Gasteiger charge is -2.26. The fourth-order valence-electron chi connectivity index (χ4n) is 3.90. The molecule has 0 amide bonds. The summed E-state index contributed by atoms with van der Waals surface area (Å²) < 4.78 is 17.3. The lowest BCUT2D eigenvalue weighted by Crippen LogP contribution is -2.38. The first-order valence-electron chi connectivity index (χ1n) is 10.6. The summed E-state index contributed by atoms with van der Waals surface area (Å²) in [5, 5.41) is 0. The average Bonchev–Trinajstić information content (AvgIpc) is 3.44. The van der Waals surface area contributed by atoms with Crippen LogP contribution in [0.15, 0.2) is 53.5 Å². The number of aliphatic imine (C=N–C) groups is 1. The van der Waals surface area contributed by atoms with E-state index in [-0.39, 0.29) is 6.10 Å². The average molecular weight is 418 g/mol. The number of hydrogen-bond donors (Lipinski definition) is 1. The van der Waals surface area contributed by atoms with Crippen molar-refractivity contribution in [2.45, 2.75) is 12.6 Å². The number of allylic oxidation sites excluding steroid dienone is 1. The topological polar surface area (TPSA) is 72.0 Å². The second kappa shape index (κ2) is 9.01. The molecule has 1 atom stereocenters. The molecule has 5 rings (SSSR count). The lowest BCUT2D eigenvalue weighted by atomic mass is 10.1. The van der Waals surface area contributed by atoms with E-state index >= 15 is 0 Å². The van der Waals surface area contributed by atoms with E-state index in [1.54, 1.807) is 0 Å². The molecule has 1 N–H and O–H groups in total. The van der Waals surface area contributed by atoms with Crippen molar-refractivity contribution in [2.75, 3.05) is 40.0 Å². The highest BCUT2D eigenvalue weighted by Crippen LogP contribution is 2.27. The Morgan fingerprint density at radius 1 is 1.13 bits per heavy atom. The molecule has 0 aliphatic carbocycles. The van der Waals surface area contributed by atoms with Gasteiger partial charge in [-0.25, -0.2) is 4.98 Å². The molecule has 0 bridgehead atoms. The predicted molar refractivity (Wildman–Crippen MR) is 121 cm³/mol. The number of aromatic amines is 1. The summed E-state index contributed by atoms with van der Waals surface area (Å²) in [5.41, 5.74) is 4.29. The summed E-state index contributed by atoms with van der Waals surface area (Å²) in [6, 6.07) is 14.0. The van der Waals surface area contributed by atoms with E-state index in [1.807, 2.05) is 42.6 Å². The number of aromatic nitrogens is 2. The van der Waals surface area contributed by atoms with Crippen LogP contribution < -0.4 is 4.74 Å². The number of nitrogens with one attached hydrogen (secondary N) is 1. The van der Waals surface area contributed by atoms with Crippen LogP contribution in [0.5, 0.6) is 11.5 Å². The molecule has 0 radical (unpaired) electrons. The Hall–Kier alpha value is -3.00. The Morgan fingerprint density at radius 2 is 2.00 bits per heavy atom. The van der Waals surface area contributed by atoms with Gasteiger partial charge in [0.05, 0.1) is 50.0 Å². The molecule has 1 fully saturated rings. The number of benzene rings is 2. The van der Waals surface area contributed by atoms with E-state index in [1.165, 1.54) is 11.1 Å². The maximum Gasteiger partial charge on any atom is 0.129 e. The molecule has 1 aromatic heterocycles. The molecule has 3 aromatic rings. The second-order valence-electron chi connectivity index (χ2n) is 7.94. The molecule has 1 unspecified atom stereocenters. The molecule has 2 aliphatic rings. The highest BCUT2D eigenvalue weighted by molar-refractivity contribution is 5.89. The molecule has 2 aromatic carbocycles. The van der Waals surface area contributed by atoms with Crippen LogP contribution in [-0.2, 0) is 16.0 Å². The molecule has 7 nitrogen and oxygen atoms in total. The first-order valence-corrected chi connectivity index (χ1v) is 10.6. The maximum atomic E-state index is 6.06. The van der Waals surface area contributed by atoms with E-state index in [0.29, 0.717) is 26.4 Å². The van der Waals surface area contributed by atoms with Gasteiger partial charge >= 0.3 is 0 Å². The van der Waals surface area contributed by atoms with Crippen LogP contribution in [0.2, 0.25) is 0 Å². The van der Waals surface area contributed by atoms with Gasteiger partial charge in [0.2, 0.25) is 0 Å². The van der Waals surface area contributed by atoms with Gasteiger partial charge in [-0.3, -0.25) is 9.89 Å². The summed E-state index contributed by atoms with van der Waals surface area (Å²) in [6.07, 6.45) is 4.02. The standard InChI is InChI=1S/C24H26N4O3/c1-28(14-21-16-29-10-11-30-21)15-24-26-22-7-6-20(12-23(22)27-24)31-19-4-2-17(3-5-19)18-8-9-25-13-18/h2-9,12,21H,10-11,13-16H2,1H3,(H,26,27). The van der Waals surface area contributed by atoms with E-state index in [9.17, 15) is 0 Å². The van der Waals surface area contributed by atoms with Gasteiger partial charge in [0.1, 0.15) is 17.3 Å². The van der Waals surface area contributed by atoms with E-state index in [2.05, 4.69) is 34.1 Å². The summed E-state index contributed by atoms with van der Waals surface area (Å²) in [4.78, 5) is 14.5. The minimum atomic E-state index is 0.118. The van der Waals surface area contributed by atoms with Crippen molar-refractivity contribution in [1.82, 2.24) is 14.9 Å². The van der Waals surface area contributed by atoms with Crippen LogP contribution >= 0.6 is 0 Å². The molecule has 2 aliphatic heterocycles. The normalized spacial score (nSPS) is 18.6. The zero-order valence-corrected chi connectivity index (χ0v) is 17.6. The summed E-state index contributed by atoms with van der Waals surface area (Å²) in [7, 11) is 2.07. The maximum absolute atomic E-state index is 6.06. The minimum absolute atomic E-state index is 0.118. The van der Waals surface area contributed by atoms with E-state index < -0.39 is 0 Å². The molecule has 1 saturated heterocycles. The summed E-state index contributed by atoms with van der Waals surface area (Å²) in [6.45, 7) is 4.27. The van der Waals surface area contributed by atoms with Gasteiger partial charge in [-0.1, -0.05) is 12.1 Å². The first kappa shape index (κ1) is 19.9. The quantitative estimate of drug-likeness (QED) is 0.634. The van der Waals surface area contributed by atoms with Gasteiger partial charge in [-0.2, -0.15) is 0 Å². The third-order valence-electron chi connectivity index (χ3n) is 5.43. The van der Waals surface area contributed by atoms with Gasteiger partial charge in [0.15, 0.2) is 0 Å². The van der Waals surface area contributed by atoms with Gasteiger partial charge in [-0.15, -0.1) is 0 Å². The monoisotopic (exact) mass is 418 g/mol. The van der Waals surface area contributed by atoms with Crippen molar-refractivity contribution in [2.24, 2.45) is 4.99 Å². The smallest absolute Gasteiger partial charge is 0.129 e. The molecule has 0 spiro atoms. The minimum Gasteiger partial charge on any atom is -0.457 e. The number of imidazole rings is 1. The lowest BCUT2D eigenvalue weighted by molar-refractivity contribution is -0.0963. The number of H-pyrrole nitrogens is 1. The number of ether oxygens (including phenoxy) is 3. The Morgan fingerprint density at radius 3 is 2.77 bits per heavy atom. The number of rotatable bonds is 7. The van der Waals surface area contributed by atoms with Crippen molar-refractivity contribution in [3.63, 3.8) is 0 Å². The molecular weight excluding hydrogens is 392 g/mol. The Kier molecular flexibility index (Phi) is 5.80. The van der Waals surface area contributed by atoms with Crippen LogP contribution in [0.4, 0.5) is 0 Å². The first-order chi connectivity index (χ1) is 15.2. The Bertz CT molecular complexity index is 1100. The van der Waals surface area contributed by atoms with Crippen molar-refractivity contribution in [3.8, 4) is 11.5 Å². The Labute approximate surface area is 181 Å². The molecule has 3 heterocycles. The third kappa shape index (κ3) is 4.85. The molecule has 31 heavy (non-hydrogen) atoms. The van der Waals surface area contributed by atoms with Crippen LogP contribution in [0.25, 0.3) is 16.6 Å². The molecule has 160 valence electrons. The van der Waals surface area contributed by atoms with Crippen molar-refractivity contribution in [3.05, 3.63) is 59.9 Å². The summed E-state index contributed by atoms with van der Waals surface area (Å²) >= 11 is 0. The predicted octanol–water partition coefficient (Wildman–Crippen LogP) is 3.67. The number of likely N-dealkylation sites (N-methyl/N-ethyl adjacent to an activating group) is 1. The van der Waals surface area contributed by atoms with Gasteiger partial charge in [0.25, 0.3) is 0 Å². The van der Waals surface area contributed by atoms with Crippen LogP contribution in [0.3, 0.4) is 0 Å². The third-order valence-corrected chi connectivity index (χ3v) is 5.43. The highest BCUT2D eigenvalue weighted by atomic mass is 16.6. The van der Waals surface area contributed by atoms with Gasteiger partial charge < -0.3 is 19.2 Å². The fourth-order valence-corrected chi connectivity index (χ4v) is 3.90. The van der Waals surface area contributed by atoms with Crippen molar-refractivity contribution < 1.29 is 14.2 Å². The van der Waals surface area contributed by atoms with Gasteiger partial charge in [0, 0.05) is 18.8 Å². The molecule has 7 heteroatoms. The zero-order chi connectivity index (χ0) is 21.0. The number of nitrogens with zero attached hydrogens (tertiary/aromatic N) is 3. The summed E-state index contributed by atoms with van der Waals surface area (Å²) in [5.74, 6) is 2.50. The highest BCUT2D eigenvalue weighted by Gasteiger charge is 2.17. The number of fused-ring (bicyclic) bond motifs is 1. The zero-order valence-electron chi connectivity index (χ0n) is 17.6. The van der Waals surface area contributed by atoms with Crippen molar-refractivity contribution in [1.29, 1.82) is 0 Å². The molecular formula is C24H26N4O3. The molecule has 0 saturated carbocycles. The fraction of sp³-hybridized carbons (Fsp3) is 0.333. The second-order valence-corrected chi connectivity index (χ2v) is 7.94. The van der Waals surface area contributed by atoms with Crippen LogP contribution in [0, 0.1) is 0 Å². The van der Waals surface area contributed by atoms with Gasteiger partial charge in [-0.05, 0) is 48.5 Å². The van der Waals surface area contributed by atoms with Crippen LogP contribution in [-0.4, -0.2) is 67.1 Å². The van der Waals surface area contributed by atoms with Crippen LogP contribution in [0.1, 0.15) is 11.4 Å². The number of hydrogen-bond acceptors (Lipinski definition) is 6. The largest absolute Gasteiger partial charge is 0.457 e. The van der Waals surface area contributed by atoms with E-state index in [4.69, 9.17) is 19.2 Å². The Balaban J connectivity index is 1.22. The van der Waals surface area contributed by atoms with E-state index in [0.717, 1.165) is 41.4 Å². The van der Waals surface area contributed by atoms with Crippen molar-refractivity contribution >= 4 is 22.8 Å². The SMILES string of the molecule is CN(Cc1nc2ccc(Oc3ccc(C4=CC=NC4)cc3)cc2[nH]1)CC1COCCO1.